The minimum atomic E-state index is -0.265. The van der Waals surface area contributed by atoms with Gasteiger partial charge in [0.2, 0.25) is 5.91 Å². The van der Waals surface area contributed by atoms with Crippen molar-refractivity contribution in [3.8, 4) is 11.4 Å². The largest absolute Gasteiger partial charge is 0.508 e. The van der Waals surface area contributed by atoms with Gasteiger partial charge in [0, 0.05) is 35.4 Å². The third kappa shape index (κ3) is 4.90. The number of carbonyl (C=O) groups excluding carboxylic acids is 1. The summed E-state index contributed by atoms with van der Waals surface area (Å²) in [4.78, 5) is 18.9. The predicted octanol–water partition coefficient (Wildman–Crippen LogP) is 6.00. The van der Waals surface area contributed by atoms with Gasteiger partial charge < -0.3 is 25.2 Å². The molecule has 0 unspecified atom stereocenters. The highest BCUT2D eigenvalue weighted by molar-refractivity contribution is 7.80. The number of rotatable bonds is 6. The lowest BCUT2D eigenvalue weighted by Crippen LogP contribution is -2.30. The average molecular weight is 532 g/mol. The Labute approximate surface area is 225 Å². The average Bonchev–Trinajstić information content (AvgIpc) is 3.50. The van der Waals surface area contributed by atoms with Crippen LogP contribution in [0.5, 0.6) is 5.75 Å². The number of nitrogens with one attached hydrogen (secondary N) is 2. The minimum absolute atomic E-state index is 0.104. The highest BCUT2D eigenvalue weighted by Crippen LogP contribution is 2.43. The smallest absolute Gasteiger partial charge is 0.226 e. The Morgan fingerprint density at radius 2 is 1.84 bits per heavy atom. The zero-order valence-electron chi connectivity index (χ0n) is 20.3. The number of aromatic hydroxyl groups is 1. The fraction of sp³-hybridized carbons (Fsp3) is 0.179. The highest BCUT2D eigenvalue weighted by Gasteiger charge is 2.42. The van der Waals surface area contributed by atoms with Crippen LogP contribution in [0.3, 0.4) is 0 Å². The van der Waals surface area contributed by atoms with E-state index in [2.05, 4.69) is 26.3 Å². The Bertz CT molecular complexity index is 1440. The lowest BCUT2D eigenvalue weighted by atomic mass is 10.0. The maximum absolute atomic E-state index is 12.2. The molecule has 4 aromatic rings. The van der Waals surface area contributed by atoms with Crippen LogP contribution in [0.4, 0.5) is 11.4 Å². The van der Waals surface area contributed by atoms with E-state index in [1.54, 1.807) is 24.4 Å². The fourth-order valence-electron chi connectivity index (χ4n) is 4.45. The standard InChI is InChI=1S/C28H26ClN5O2S/c1-17(2)27(36)31-22-13-10-19(16-21(22)29)34-26(25(32-28(34)37)23-6-3-4-14-30-23)24-7-5-15-33(24)18-8-11-20(35)12-9-18/h3-17,25-26,35H,1-2H3,(H,31,36)(H,32,37)/t25-,26+/m0/s1. The molecule has 37 heavy (non-hydrogen) atoms. The fourth-order valence-corrected chi connectivity index (χ4v) is 5.02. The number of carbonyl (C=O) groups is 1. The van der Waals surface area contributed by atoms with Crippen LogP contribution < -0.4 is 15.5 Å². The van der Waals surface area contributed by atoms with Crippen molar-refractivity contribution in [2.24, 2.45) is 5.92 Å². The van der Waals surface area contributed by atoms with Gasteiger partial charge in [0.1, 0.15) is 11.8 Å². The number of hydrogen-bond donors (Lipinski definition) is 3. The summed E-state index contributed by atoms with van der Waals surface area (Å²) in [6.45, 7) is 3.66. The van der Waals surface area contributed by atoms with Gasteiger partial charge >= 0.3 is 0 Å². The number of hydrogen-bond acceptors (Lipinski definition) is 4. The van der Waals surface area contributed by atoms with Crippen LogP contribution in [0, 0.1) is 5.92 Å². The summed E-state index contributed by atoms with van der Waals surface area (Å²) in [6.07, 6.45) is 3.75. The van der Waals surface area contributed by atoms with Crippen molar-refractivity contribution < 1.29 is 9.90 Å². The van der Waals surface area contributed by atoms with Crippen molar-refractivity contribution >= 4 is 46.2 Å². The number of phenols is 1. The molecule has 0 saturated carbocycles. The normalized spacial score (nSPS) is 17.2. The van der Waals surface area contributed by atoms with Gasteiger partial charge in [-0.2, -0.15) is 0 Å². The number of halogens is 1. The third-order valence-electron chi connectivity index (χ3n) is 6.32. The summed E-state index contributed by atoms with van der Waals surface area (Å²) >= 11 is 12.5. The van der Waals surface area contributed by atoms with E-state index in [0.29, 0.717) is 15.8 Å². The first kappa shape index (κ1) is 24.8. The molecule has 0 radical (unpaired) electrons. The Balaban J connectivity index is 1.59. The van der Waals surface area contributed by atoms with Crippen LogP contribution in [0.25, 0.3) is 5.69 Å². The first-order valence-electron chi connectivity index (χ1n) is 11.9. The molecule has 0 spiro atoms. The van der Waals surface area contributed by atoms with Gasteiger partial charge in [-0.1, -0.05) is 31.5 Å². The molecule has 3 heterocycles. The van der Waals surface area contributed by atoms with Crippen molar-refractivity contribution in [2.45, 2.75) is 25.9 Å². The van der Waals surface area contributed by atoms with Gasteiger partial charge in [-0.3, -0.25) is 9.78 Å². The first-order valence-corrected chi connectivity index (χ1v) is 12.7. The molecule has 1 aliphatic rings. The molecule has 9 heteroatoms. The predicted molar refractivity (Wildman–Crippen MR) is 150 cm³/mol. The van der Waals surface area contributed by atoms with Crippen LogP contribution in [-0.4, -0.2) is 25.7 Å². The molecule has 0 bridgehead atoms. The summed E-state index contributed by atoms with van der Waals surface area (Å²) in [5, 5.41) is 17.1. The molecular weight excluding hydrogens is 506 g/mol. The number of aromatic nitrogens is 2. The first-order chi connectivity index (χ1) is 17.8. The number of amides is 1. The molecule has 1 saturated heterocycles. The number of pyridine rings is 1. The molecule has 1 amide bonds. The summed E-state index contributed by atoms with van der Waals surface area (Å²) in [7, 11) is 0. The second-order valence-electron chi connectivity index (χ2n) is 9.12. The quantitative estimate of drug-likeness (QED) is 0.265. The van der Waals surface area contributed by atoms with E-state index in [1.807, 2.05) is 73.5 Å². The minimum Gasteiger partial charge on any atom is -0.508 e. The van der Waals surface area contributed by atoms with Crippen molar-refractivity contribution in [1.29, 1.82) is 0 Å². The number of phenolic OH excluding ortho intramolecular Hbond substituents is 1. The van der Waals surface area contributed by atoms with Crippen LogP contribution in [0.15, 0.2) is 85.2 Å². The van der Waals surface area contributed by atoms with E-state index in [4.69, 9.17) is 23.8 Å². The topological polar surface area (TPSA) is 82.4 Å². The Morgan fingerprint density at radius 3 is 2.51 bits per heavy atom. The summed E-state index contributed by atoms with van der Waals surface area (Å²) in [6, 6.07) is 21.9. The van der Waals surface area contributed by atoms with Crippen molar-refractivity contribution in [3.05, 3.63) is 102 Å². The van der Waals surface area contributed by atoms with Crippen LogP contribution in [-0.2, 0) is 4.79 Å². The molecule has 1 aliphatic heterocycles. The summed E-state index contributed by atoms with van der Waals surface area (Å²) in [5.41, 5.74) is 4.06. The molecule has 188 valence electrons. The number of thiocarbonyl (C=S) groups is 1. The van der Waals surface area contributed by atoms with Gasteiger partial charge in [-0.05, 0) is 78.9 Å². The maximum Gasteiger partial charge on any atom is 0.226 e. The van der Waals surface area contributed by atoms with Gasteiger partial charge in [0.05, 0.1) is 22.4 Å². The molecule has 2 aromatic heterocycles. The van der Waals surface area contributed by atoms with Crippen molar-refractivity contribution in [3.63, 3.8) is 0 Å². The second kappa shape index (κ2) is 10.2. The van der Waals surface area contributed by atoms with E-state index in [0.717, 1.165) is 22.8 Å². The SMILES string of the molecule is CC(C)C(=O)Nc1ccc(N2C(=S)N[C@@H](c3ccccn3)[C@H]2c2cccn2-c2ccc(O)cc2)cc1Cl. The monoisotopic (exact) mass is 531 g/mol. The summed E-state index contributed by atoms with van der Waals surface area (Å²) < 4.78 is 2.07. The number of nitrogens with zero attached hydrogens (tertiary/aromatic N) is 3. The Hall–Kier alpha value is -3.88. The van der Waals surface area contributed by atoms with Gasteiger partial charge in [-0.15, -0.1) is 0 Å². The molecular formula is C28H26ClN5O2S. The zero-order valence-corrected chi connectivity index (χ0v) is 21.9. The molecule has 0 aliphatic carbocycles. The number of anilines is 2. The van der Waals surface area contributed by atoms with Crippen LogP contribution in [0.1, 0.15) is 37.3 Å². The maximum atomic E-state index is 12.2. The highest BCUT2D eigenvalue weighted by atomic mass is 35.5. The van der Waals surface area contributed by atoms with Crippen molar-refractivity contribution in [2.75, 3.05) is 10.2 Å². The molecule has 1 fully saturated rings. The van der Waals surface area contributed by atoms with Crippen molar-refractivity contribution in [1.82, 2.24) is 14.9 Å². The third-order valence-corrected chi connectivity index (χ3v) is 6.95. The van der Waals surface area contributed by atoms with E-state index in [1.165, 1.54) is 0 Å². The van der Waals surface area contributed by atoms with Crippen LogP contribution in [0.2, 0.25) is 5.02 Å². The van der Waals surface area contributed by atoms with Gasteiger partial charge in [0.15, 0.2) is 5.11 Å². The van der Waals surface area contributed by atoms with E-state index in [-0.39, 0.29) is 29.7 Å². The molecule has 5 rings (SSSR count). The van der Waals surface area contributed by atoms with Gasteiger partial charge in [-0.25, -0.2) is 0 Å². The van der Waals surface area contributed by atoms with Gasteiger partial charge in [0.25, 0.3) is 0 Å². The van der Waals surface area contributed by atoms with Crippen LogP contribution >= 0.6 is 23.8 Å². The second-order valence-corrected chi connectivity index (χ2v) is 9.92. The lowest BCUT2D eigenvalue weighted by molar-refractivity contribution is -0.118. The molecule has 7 nitrogen and oxygen atoms in total. The van der Waals surface area contributed by atoms with E-state index in [9.17, 15) is 9.90 Å². The Morgan fingerprint density at radius 1 is 1.08 bits per heavy atom. The zero-order chi connectivity index (χ0) is 26.1. The Kier molecular flexibility index (Phi) is 6.86. The molecule has 3 N–H and O–H groups in total. The molecule has 2 aromatic carbocycles. The van der Waals surface area contributed by atoms with E-state index < -0.39 is 0 Å². The van der Waals surface area contributed by atoms with E-state index >= 15 is 0 Å². The summed E-state index contributed by atoms with van der Waals surface area (Å²) in [5.74, 6) is -0.0661. The number of benzene rings is 2. The molecule has 2 atom stereocenters. The lowest BCUT2D eigenvalue weighted by Gasteiger charge is -2.29.